The van der Waals surface area contributed by atoms with Gasteiger partial charge in [0.05, 0.1) is 6.61 Å². The molecule has 1 atom stereocenters. The summed E-state index contributed by atoms with van der Waals surface area (Å²) in [5, 5.41) is 10.4. The number of hydrogen-bond acceptors (Lipinski definition) is 2. The molecule has 0 saturated carbocycles. The molecule has 2 nitrogen and oxygen atoms in total. The zero-order valence-corrected chi connectivity index (χ0v) is 14.0. The first-order valence-electron chi connectivity index (χ1n) is 7.90. The Morgan fingerprint density at radius 3 is 2.29 bits per heavy atom. The topological polar surface area (TPSA) is 29.5 Å². The van der Waals surface area contributed by atoms with Crippen LogP contribution in [0.4, 0.5) is 0 Å². The summed E-state index contributed by atoms with van der Waals surface area (Å²) in [6, 6.07) is 4.51. The first-order chi connectivity index (χ1) is 9.79. The molecule has 0 fully saturated rings. The standard InChI is InChI=1S/C19H28O2/c1-13-10-15(19(3,4)5)11-14(2)16(13)12-17(20)18-8-6-7-9-21-18/h8,10-11,17,20H,6-7,9,12H2,1-5H3. The van der Waals surface area contributed by atoms with Crippen LogP contribution in [0.1, 0.15) is 55.9 Å². The number of aliphatic hydroxyl groups excluding tert-OH is 1. The van der Waals surface area contributed by atoms with Gasteiger partial charge in [-0.1, -0.05) is 32.9 Å². The van der Waals surface area contributed by atoms with Crippen molar-refractivity contribution in [1.29, 1.82) is 0 Å². The third-order valence-electron chi connectivity index (χ3n) is 4.25. The van der Waals surface area contributed by atoms with Gasteiger partial charge in [0.1, 0.15) is 11.9 Å². The van der Waals surface area contributed by atoms with E-state index in [1.807, 2.05) is 6.08 Å². The van der Waals surface area contributed by atoms with Crippen LogP contribution in [0.25, 0.3) is 0 Å². The van der Waals surface area contributed by atoms with Gasteiger partial charge in [0.15, 0.2) is 0 Å². The zero-order chi connectivity index (χ0) is 15.6. The number of ether oxygens (including phenoxy) is 1. The van der Waals surface area contributed by atoms with Crippen molar-refractivity contribution in [2.24, 2.45) is 0 Å². The van der Waals surface area contributed by atoms with Gasteiger partial charge >= 0.3 is 0 Å². The predicted molar refractivity (Wildman–Crippen MR) is 87.6 cm³/mol. The van der Waals surface area contributed by atoms with Crippen LogP contribution in [0, 0.1) is 13.8 Å². The highest BCUT2D eigenvalue weighted by atomic mass is 16.5. The van der Waals surface area contributed by atoms with Crippen molar-refractivity contribution in [3.05, 3.63) is 46.2 Å². The molecule has 1 heterocycles. The summed E-state index contributed by atoms with van der Waals surface area (Å²) in [5.41, 5.74) is 5.27. The summed E-state index contributed by atoms with van der Waals surface area (Å²) in [6.07, 6.45) is 4.20. The summed E-state index contributed by atoms with van der Waals surface area (Å²) < 4.78 is 5.58. The highest BCUT2D eigenvalue weighted by Gasteiger charge is 2.20. The Bertz CT molecular complexity index is 512. The molecule has 21 heavy (non-hydrogen) atoms. The van der Waals surface area contributed by atoms with E-state index in [9.17, 15) is 5.11 Å². The molecule has 116 valence electrons. The lowest BCUT2D eigenvalue weighted by molar-refractivity contribution is 0.0916. The van der Waals surface area contributed by atoms with E-state index in [2.05, 4.69) is 46.8 Å². The van der Waals surface area contributed by atoms with Gasteiger partial charge < -0.3 is 9.84 Å². The lowest BCUT2D eigenvalue weighted by Crippen LogP contribution is -2.20. The number of rotatable bonds is 3. The minimum Gasteiger partial charge on any atom is -0.495 e. The number of hydrogen-bond donors (Lipinski definition) is 1. The molecule has 1 aromatic rings. The molecule has 0 saturated heterocycles. The Kier molecular flexibility index (Phi) is 4.77. The van der Waals surface area contributed by atoms with Crippen LogP contribution in [0.5, 0.6) is 0 Å². The van der Waals surface area contributed by atoms with Crippen molar-refractivity contribution in [3.63, 3.8) is 0 Å². The first kappa shape index (κ1) is 16.1. The number of aliphatic hydroxyl groups is 1. The highest BCUT2D eigenvalue weighted by molar-refractivity contribution is 5.41. The van der Waals surface area contributed by atoms with E-state index < -0.39 is 6.10 Å². The molecular weight excluding hydrogens is 260 g/mol. The second-order valence-electron chi connectivity index (χ2n) is 7.16. The van der Waals surface area contributed by atoms with Gasteiger partial charge in [-0.05, 0) is 60.4 Å². The van der Waals surface area contributed by atoms with Crippen LogP contribution in [-0.2, 0) is 16.6 Å². The molecule has 0 aliphatic carbocycles. The van der Waals surface area contributed by atoms with Crippen LogP contribution < -0.4 is 0 Å². The molecular formula is C19H28O2. The maximum atomic E-state index is 10.4. The van der Waals surface area contributed by atoms with Crippen LogP contribution in [0.2, 0.25) is 0 Å². The fourth-order valence-electron chi connectivity index (χ4n) is 2.85. The van der Waals surface area contributed by atoms with Gasteiger partial charge in [-0.15, -0.1) is 0 Å². The van der Waals surface area contributed by atoms with E-state index in [-0.39, 0.29) is 5.41 Å². The van der Waals surface area contributed by atoms with Crippen molar-refractivity contribution in [2.75, 3.05) is 6.61 Å². The van der Waals surface area contributed by atoms with E-state index in [1.54, 1.807) is 0 Å². The van der Waals surface area contributed by atoms with Gasteiger partial charge in [0.25, 0.3) is 0 Å². The fourth-order valence-corrected chi connectivity index (χ4v) is 2.85. The van der Waals surface area contributed by atoms with E-state index in [0.717, 1.165) is 25.2 Å². The molecule has 2 rings (SSSR count). The third-order valence-corrected chi connectivity index (χ3v) is 4.25. The van der Waals surface area contributed by atoms with Gasteiger partial charge in [0.2, 0.25) is 0 Å². The molecule has 1 unspecified atom stereocenters. The second kappa shape index (κ2) is 6.23. The molecule has 1 aromatic carbocycles. The van der Waals surface area contributed by atoms with Gasteiger partial charge in [0, 0.05) is 6.42 Å². The highest BCUT2D eigenvalue weighted by Crippen LogP contribution is 2.28. The summed E-state index contributed by atoms with van der Waals surface area (Å²) in [5.74, 6) is 0.750. The lowest BCUT2D eigenvalue weighted by atomic mass is 9.83. The van der Waals surface area contributed by atoms with Crippen LogP contribution >= 0.6 is 0 Å². The minimum atomic E-state index is -0.525. The summed E-state index contributed by atoms with van der Waals surface area (Å²) in [4.78, 5) is 0. The van der Waals surface area contributed by atoms with Crippen molar-refractivity contribution in [2.45, 2.75) is 65.4 Å². The molecule has 1 aliphatic rings. The third kappa shape index (κ3) is 3.88. The molecule has 1 N–H and O–H groups in total. The Hall–Kier alpha value is -1.28. The summed E-state index contributed by atoms with van der Waals surface area (Å²) in [7, 11) is 0. The van der Waals surface area contributed by atoms with Gasteiger partial charge in [-0.2, -0.15) is 0 Å². The van der Waals surface area contributed by atoms with Crippen LogP contribution in [0.15, 0.2) is 24.0 Å². The number of allylic oxidation sites excluding steroid dienone is 1. The molecule has 0 radical (unpaired) electrons. The fraction of sp³-hybridized carbons (Fsp3) is 0.579. The van der Waals surface area contributed by atoms with E-state index in [0.29, 0.717) is 6.42 Å². The maximum Gasteiger partial charge on any atom is 0.121 e. The normalized spacial score (nSPS) is 17.1. The number of aryl methyl sites for hydroxylation is 2. The smallest absolute Gasteiger partial charge is 0.121 e. The Labute approximate surface area is 128 Å². The Morgan fingerprint density at radius 1 is 1.19 bits per heavy atom. The van der Waals surface area contributed by atoms with Crippen molar-refractivity contribution < 1.29 is 9.84 Å². The largest absolute Gasteiger partial charge is 0.495 e. The summed E-state index contributed by atoms with van der Waals surface area (Å²) >= 11 is 0. The number of benzene rings is 1. The minimum absolute atomic E-state index is 0.154. The average molecular weight is 288 g/mol. The first-order valence-corrected chi connectivity index (χ1v) is 7.90. The van der Waals surface area contributed by atoms with Crippen molar-refractivity contribution in [1.82, 2.24) is 0 Å². The zero-order valence-electron chi connectivity index (χ0n) is 14.0. The van der Waals surface area contributed by atoms with Crippen molar-refractivity contribution >= 4 is 0 Å². The SMILES string of the molecule is Cc1cc(C(C)(C)C)cc(C)c1CC(O)C1=CCCCO1. The van der Waals surface area contributed by atoms with Crippen molar-refractivity contribution in [3.8, 4) is 0 Å². The molecule has 0 bridgehead atoms. The molecule has 1 aliphatic heterocycles. The monoisotopic (exact) mass is 288 g/mol. The lowest BCUT2D eigenvalue weighted by Gasteiger charge is -2.24. The quantitative estimate of drug-likeness (QED) is 0.903. The van der Waals surface area contributed by atoms with E-state index in [1.165, 1.54) is 22.3 Å². The maximum absolute atomic E-state index is 10.4. The van der Waals surface area contributed by atoms with Gasteiger partial charge in [-0.3, -0.25) is 0 Å². The molecule has 0 spiro atoms. The van der Waals surface area contributed by atoms with Crippen LogP contribution in [0.3, 0.4) is 0 Å². The van der Waals surface area contributed by atoms with E-state index in [4.69, 9.17) is 4.74 Å². The second-order valence-corrected chi connectivity index (χ2v) is 7.16. The Morgan fingerprint density at radius 2 is 1.81 bits per heavy atom. The van der Waals surface area contributed by atoms with Gasteiger partial charge in [-0.25, -0.2) is 0 Å². The summed E-state index contributed by atoms with van der Waals surface area (Å²) in [6.45, 7) is 11.7. The predicted octanol–water partition coefficient (Wildman–Crippen LogP) is 4.20. The Balaban J connectivity index is 2.22. The molecule has 0 aromatic heterocycles. The molecule has 2 heteroatoms. The van der Waals surface area contributed by atoms with E-state index >= 15 is 0 Å². The van der Waals surface area contributed by atoms with Crippen LogP contribution in [-0.4, -0.2) is 17.8 Å². The molecule has 0 amide bonds. The average Bonchev–Trinajstić information content (AvgIpc) is 2.42.